The molecule has 0 saturated carbocycles. The van der Waals surface area contributed by atoms with Crippen LogP contribution in [0, 0.1) is 6.92 Å². The summed E-state index contributed by atoms with van der Waals surface area (Å²) in [6, 6.07) is 6.34. The van der Waals surface area contributed by atoms with Gasteiger partial charge in [0.2, 0.25) is 0 Å². The summed E-state index contributed by atoms with van der Waals surface area (Å²) in [7, 11) is 2.10. The predicted molar refractivity (Wildman–Crippen MR) is 59.4 cm³/mol. The number of aryl methyl sites for hydroxylation is 3. The minimum atomic E-state index is 1.06. The molecule has 0 spiro atoms. The van der Waals surface area contributed by atoms with Crippen molar-refractivity contribution in [3.63, 3.8) is 0 Å². The lowest BCUT2D eigenvalue weighted by molar-refractivity contribution is 0.773. The summed E-state index contributed by atoms with van der Waals surface area (Å²) in [5.41, 5.74) is 3.66. The van der Waals surface area contributed by atoms with E-state index >= 15 is 0 Å². The van der Waals surface area contributed by atoms with Gasteiger partial charge >= 0.3 is 0 Å². The molecule has 0 saturated heterocycles. The lowest BCUT2D eigenvalue weighted by atomic mass is 10.2. The smallest absolute Gasteiger partial charge is 0.109 e. The van der Waals surface area contributed by atoms with E-state index in [0.29, 0.717) is 0 Å². The molecule has 0 N–H and O–H groups in total. The highest BCUT2D eigenvalue weighted by molar-refractivity contribution is 5.79. The number of fused-ring (bicyclic) bond motifs is 1. The van der Waals surface area contributed by atoms with Gasteiger partial charge < -0.3 is 4.57 Å². The molecule has 0 aliphatic heterocycles. The monoisotopic (exact) mass is 188 g/mol. The molecule has 0 aliphatic carbocycles. The summed E-state index contributed by atoms with van der Waals surface area (Å²) in [5, 5.41) is 0. The Morgan fingerprint density at radius 3 is 2.79 bits per heavy atom. The first kappa shape index (κ1) is 9.25. The zero-order valence-electron chi connectivity index (χ0n) is 9.04. The number of rotatable bonds is 2. The van der Waals surface area contributed by atoms with Gasteiger partial charge in [0.1, 0.15) is 5.82 Å². The van der Waals surface area contributed by atoms with Crippen LogP contribution in [-0.2, 0) is 13.5 Å². The van der Waals surface area contributed by atoms with Gasteiger partial charge in [-0.2, -0.15) is 0 Å². The fourth-order valence-corrected chi connectivity index (χ4v) is 1.85. The van der Waals surface area contributed by atoms with Gasteiger partial charge in [0.05, 0.1) is 11.0 Å². The Morgan fingerprint density at radius 2 is 2.14 bits per heavy atom. The van der Waals surface area contributed by atoms with Crippen LogP contribution in [-0.4, -0.2) is 9.55 Å². The Bertz CT molecular complexity index is 455. The Labute approximate surface area is 84.6 Å². The van der Waals surface area contributed by atoms with E-state index in [1.807, 2.05) is 0 Å². The molecule has 0 bridgehead atoms. The van der Waals surface area contributed by atoms with E-state index in [4.69, 9.17) is 0 Å². The molecule has 1 aromatic heterocycles. The van der Waals surface area contributed by atoms with Crippen LogP contribution < -0.4 is 0 Å². The molecule has 1 heterocycles. The summed E-state index contributed by atoms with van der Waals surface area (Å²) < 4.78 is 2.20. The molecule has 1 aromatic carbocycles. The van der Waals surface area contributed by atoms with Crippen molar-refractivity contribution in [3.05, 3.63) is 29.6 Å². The van der Waals surface area contributed by atoms with Crippen molar-refractivity contribution in [2.45, 2.75) is 26.7 Å². The van der Waals surface area contributed by atoms with E-state index in [-0.39, 0.29) is 0 Å². The van der Waals surface area contributed by atoms with Crippen LogP contribution >= 0.6 is 0 Å². The number of hydrogen-bond acceptors (Lipinski definition) is 1. The highest BCUT2D eigenvalue weighted by Gasteiger charge is 2.07. The third-order valence-electron chi connectivity index (χ3n) is 2.68. The van der Waals surface area contributed by atoms with Crippen LogP contribution in [0.15, 0.2) is 18.2 Å². The van der Waals surface area contributed by atoms with Gasteiger partial charge in [-0.25, -0.2) is 4.98 Å². The second kappa shape index (κ2) is 3.45. The third kappa shape index (κ3) is 1.31. The van der Waals surface area contributed by atoms with Gasteiger partial charge in [0, 0.05) is 13.5 Å². The quantitative estimate of drug-likeness (QED) is 0.708. The fraction of sp³-hybridized carbons (Fsp3) is 0.417. The molecule has 0 aliphatic rings. The van der Waals surface area contributed by atoms with Crippen molar-refractivity contribution in [2.24, 2.45) is 7.05 Å². The van der Waals surface area contributed by atoms with Crippen LogP contribution in [0.1, 0.15) is 24.7 Å². The standard InChI is InChI=1S/C12H16N2/c1-4-6-11-13-12-9(2)7-5-8-10(12)14(11)3/h5,7-8H,4,6H2,1-3H3. The molecular formula is C12H16N2. The molecule has 14 heavy (non-hydrogen) atoms. The second-order valence-corrected chi connectivity index (χ2v) is 3.78. The summed E-state index contributed by atoms with van der Waals surface area (Å²) >= 11 is 0. The number of nitrogens with zero attached hydrogens (tertiary/aromatic N) is 2. The zero-order chi connectivity index (χ0) is 10.1. The fourth-order valence-electron chi connectivity index (χ4n) is 1.85. The maximum atomic E-state index is 4.66. The zero-order valence-corrected chi connectivity index (χ0v) is 9.04. The van der Waals surface area contributed by atoms with Crippen molar-refractivity contribution >= 4 is 11.0 Å². The Balaban J connectivity index is 2.67. The molecule has 2 nitrogen and oxygen atoms in total. The molecule has 74 valence electrons. The van der Waals surface area contributed by atoms with Gasteiger partial charge in [-0.3, -0.25) is 0 Å². The Hall–Kier alpha value is -1.31. The van der Waals surface area contributed by atoms with Crippen LogP contribution in [0.2, 0.25) is 0 Å². The van der Waals surface area contributed by atoms with E-state index in [1.165, 1.54) is 16.9 Å². The highest BCUT2D eigenvalue weighted by Crippen LogP contribution is 2.18. The normalized spacial score (nSPS) is 11.1. The third-order valence-corrected chi connectivity index (χ3v) is 2.68. The summed E-state index contributed by atoms with van der Waals surface area (Å²) in [6.07, 6.45) is 2.21. The molecule has 0 radical (unpaired) electrons. The molecule has 0 unspecified atom stereocenters. The Kier molecular flexibility index (Phi) is 2.28. The van der Waals surface area contributed by atoms with Crippen LogP contribution in [0.4, 0.5) is 0 Å². The molecule has 2 heteroatoms. The topological polar surface area (TPSA) is 17.8 Å². The minimum Gasteiger partial charge on any atom is -0.331 e. The van der Waals surface area contributed by atoms with Crippen LogP contribution in [0.3, 0.4) is 0 Å². The van der Waals surface area contributed by atoms with Crippen molar-refractivity contribution in [1.82, 2.24) is 9.55 Å². The first-order valence-electron chi connectivity index (χ1n) is 5.15. The lowest BCUT2D eigenvalue weighted by Crippen LogP contribution is -1.96. The van der Waals surface area contributed by atoms with Gasteiger partial charge in [-0.1, -0.05) is 19.1 Å². The van der Waals surface area contributed by atoms with Crippen molar-refractivity contribution in [1.29, 1.82) is 0 Å². The number of para-hydroxylation sites is 1. The summed E-state index contributed by atoms with van der Waals surface area (Å²) in [4.78, 5) is 4.66. The van der Waals surface area contributed by atoms with E-state index in [0.717, 1.165) is 18.4 Å². The van der Waals surface area contributed by atoms with E-state index < -0.39 is 0 Å². The number of imidazole rings is 1. The van der Waals surface area contributed by atoms with Crippen LogP contribution in [0.5, 0.6) is 0 Å². The van der Waals surface area contributed by atoms with E-state index in [9.17, 15) is 0 Å². The maximum absolute atomic E-state index is 4.66. The predicted octanol–water partition coefficient (Wildman–Crippen LogP) is 2.83. The highest BCUT2D eigenvalue weighted by atomic mass is 15.1. The largest absolute Gasteiger partial charge is 0.331 e. The molecule has 0 amide bonds. The maximum Gasteiger partial charge on any atom is 0.109 e. The minimum absolute atomic E-state index is 1.06. The van der Waals surface area contributed by atoms with Gasteiger partial charge in [0.15, 0.2) is 0 Å². The van der Waals surface area contributed by atoms with Gasteiger partial charge in [-0.15, -0.1) is 0 Å². The number of aromatic nitrogens is 2. The van der Waals surface area contributed by atoms with Crippen molar-refractivity contribution < 1.29 is 0 Å². The first-order chi connectivity index (χ1) is 6.74. The SMILES string of the molecule is CCCc1nc2c(C)cccc2n1C. The molecule has 0 fully saturated rings. The van der Waals surface area contributed by atoms with Crippen molar-refractivity contribution in [2.75, 3.05) is 0 Å². The number of benzene rings is 1. The van der Waals surface area contributed by atoms with Gasteiger partial charge in [0.25, 0.3) is 0 Å². The average Bonchev–Trinajstić information content (AvgIpc) is 2.48. The van der Waals surface area contributed by atoms with Gasteiger partial charge in [-0.05, 0) is 25.0 Å². The Morgan fingerprint density at radius 1 is 1.36 bits per heavy atom. The van der Waals surface area contributed by atoms with E-state index in [1.54, 1.807) is 0 Å². The van der Waals surface area contributed by atoms with E-state index in [2.05, 4.69) is 48.6 Å². The molecule has 2 rings (SSSR count). The first-order valence-corrected chi connectivity index (χ1v) is 5.15. The van der Waals surface area contributed by atoms with Crippen LogP contribution in [0.25, 0.3) is 11.0 Å². The second-order valence-electron chi connectivity index (χ2n) is 3.78. The lowest BCUT2D eigenvalue weighted by Gasteiger charge is -1.99. The molecular weight excluding hydrogens is 172 g/mol. The average molecular weight is 188 g/mol. The summed E-state index contributed by atoms with van der Waals surface area (Å²) in [5.74, 6) is 1.19. The molecule has 0 atom stereocenters. The summed E-state index contributed by atoms with van der Waals surface area (Å²) in [6.45, 7) is 4.30. The number of hydrogen-bond donors (Lipinski definition) is 0. The van der Waals surface area contributed by atoms with Crippen molar-refractivity contribution in [3.8, 4) is 0 Å². The molecule has 2 aromatic rings.